The maximum absolute atomic E-state index is 5.72. The maximum atomic E-state index is 5.72. The largest absolute Gasteiger partial charge is 0.493 e. The molecule has 1 aromatic rings. The van der Waals surface area contributed by atoms with Crippen molar-refractivity contribution in [1.29, 1.82) is 0 Å². The fraction of sp³-hybridized carbons (Fsp3) is 0.385. The quantitative estimate of drug-likeness (QED) is 0.470. The number of benzene rings is 1. The third-order valence-corrected chi connectivity index (χ3v) is 2.34. The monoisotopic (exact) mass is 265 g/mol. The van der Waals surface area contributed by atoms with Crippen molar-refractivity contribution in [2.24, 2.45) is 16.8 Å². The maximum Gasteiger partial charge on any atom is 0.184 e. The Morgan fingerprint density at radius 2 is 2.22 bits per heavy atom. The van der Waals surface area contributed by atoms with Crippen LogP contribution in [0.15, 0.2) is 29.4 Å². The van der Waals surface area contributed by atoms with Gasteiger partial charge in [0.25, 0.3) is 0 Å². The van der Waals surface area contributed by atoms with E-state index in [2.05, 4.69) is 36.6 Å². The van der Waals surface area contributed by atoms with Crippen molar-refractivity contribution in [2.75, 3.05) is 6.61 Å². The second kappa shape index (κ2) is 7.66. The van der Waals surface area contributed by atoms with E-state index in [0.29, 0.717) is 12.5 Å². The van der Waals surface area contributed by atoms with Gasteiger partial charge in [-0.3, -0.25) is 5.43 Å². The highest BCUT2D eigenvalue weighted by molar-refractivity contribution is 7.80. The summed E-state index contributed by atoms with van der Waals surface area (Å²) in [6.07, 6.45) is 2.67. The molecule has 3 N–H and O–H groups in total. The summed E-state index contributed by atoms with van der Waals surface area (Å²) in [4.78, 5) is 0. The molecular formula is C13H19N3OS. The molecule has 0 saturated carbocycles. The Morgan fingerprint density at radius 3 is 2.89 bits per heavy atom. The molecule has 0 heterocycles. The lowest BCUT2D eigenvalue weighted by atomic mass is 10.1. The number of ether oxygens (including phenoxy) is 1. The molecule has 0 unspecified atom stereocenters. The van der Waals surface area contributed by atoms with E-state index < -0.39 is 0 Å². The number of para-hydroxylation sites is 1. The van der Waals surface area contributed by atoms with E-state index in [1.54, 1.807) is 6.21 Å². The lowest BCUT2D eigenvalue weighted by molar-refractivity contribution is 0.289. The Labute approximate surface area is 113 Å². The second-order valence-corrected chi connectivity index (χ2v) is 4.74. The third-order valence-electron chi connectivity index (χ3n) is 2.25. The number of nitrogens with one attached hydrogen (secondary N) is 1. The molecule has 1 rings (SSSR count). The summed E-state index contributed by atoms with van der Waals surface area (Å²) in [5.41, 5.74) is 8.70. The molecule has 0 aliphatic heterocycles. The van der Waals surface area contributed by atoms with Gasteiger partial charge < -0.3 is 10.5 Å². The molecule has 0 aromatic heterocycles. The third kappa shape index (κ3) is 5.63. The van der Waals surface area contributed by atoms with E-state index in [1.807, 2.05) is 24.3 Å². The van der Waals surface area contributed by atoms with Gasteiger partial charge in [0.15, 0.2) is 5.11 Å². The molecular weight excluding hydrogens is 246 g/mol. The van der Waals surface area contributed by atoms with Crippen molar-refractivity contribution in [3.8, 4) is 5.75 Å². The molecule has 0 aliphatic carbocycles. The molecule has 0 amide bonds. The Morgan fingerprint density at radius 1 is 1.50 bits per heavy atom. The molecule has 0 saturated heterocycles. The fourth-order valence-electron chi connectivity index (χ4n) is 1.29. The summed E-state index contributed by atoms with van der Waals surface area (Å²) < 4.78 is 5.72. The smallest absolute Gasteiger partial charge is 0.184 e. The van der Waals surface area contributed by atoms with Crippen LogP contribution in [0, 0.1) is 5.92 Å². The first-order valence-electron chi connectivity index (χ1n) is 5.90. The Bertz CT molecular complexity index is 418. The molecule has 18 heavy (non-hydrogen) atoms. The van der Waals surface area contributed by atoms with Crippen molar-refractivity contribution in [1.82, 2.24) is 5.43 Å². The zero-order valence-corrected chi connectivity index (χ0v) is 11.5. The standard InChI is InChI=1S/C13H19N3OS/c1-10(2)7-8-17-12-6-4-3-5-11(12)9-15-16-13(14)18/h3-6,9-10H,7-8H2,1-2H3,(H3,14,16,18). The number of nitrogens with two attached hydrogens (primary N) is 1. The minimum Gasteiger partial charge on any atom is -0.493 e. The number of rotatable bonds is 6. The molecule has 0 spiro atoms. The molecule has 0 atom stereocenters. The number of hydrazone groups is 1. The van der Waals surface area contributed by atoms with Crippen LogP contribution < -0.4 is 15.9 Å². The van der Waals surface area contributed by atoms with E-state index in [9.17, 15) is 0 Å². The van der Waals surface area contributed by atoms with E-state index in [-0.39, 0.29) is 5.11 Å². The van der Waals surface area contributed by atoms with E-state index in [1.165, 1.54) is 0 Å². The lowest BCUT2D eigenvalue weighted by Gasteiger charge is -2.10. The summed E-state index contributed by atoms with van der Waals surface area (Å²) >= 11 is 4.66. The predicted molar refractivity (Wildman–Crippen MR) is 78.9 cm³/mol. The Balaban J connectivity index is 2.61. The molecule has 5 heteroatoms. The topological polar surface area (TPSA) is 59.6 Å². The Hall–Kier alpha value is -1.62. The summed E-state index contributed by atoms with van der Waals surface area (Å²) in [7, 11) is 0. The normalized spacial score (nSPS) is 10.8. The average molecular weight is 265 g/mol. The summed E-state index contributed by atoms with van der Waals surface area (Å²) in [6, 6.07) is 7.71. The van der Waals surface area contributed by atoms with Crippen molar-refractivity contribution >= 4 is 23.5 Å². The summed E-state index contributed by atoms with van der Waals surface area (Å²) in [5.74, 6) is 1.44. The molecule has 1 aromatic carbocycles. The van der Waals surface area contributed by atoms with Crippen molar-refractivity contribution in [2.45, 2.75) is 20.3 Å². The van der Waals surface area contributed by atoms with Gasteiger partial charge in [0, 0.05) is 5.56 Å². The van der Waals surface area contributed by atoms with Crippen LogP contribution in [0.4, 0.5) is 0 Å². The van der Waals surface area contributed by atoms with Crippen LogP contribution in [0.3, 0.4) is 0 Å². The zero-order chi connectivity index (χ0) is 13.4. The van der Waals surface area contributed by atoms with Crippen LogP contribution in [-0.4, -0.2) is 17.9 Å². The van der Waals surface area contributed by atoms with Crippen LogP contribution in [0.2, 0.25) is 0 Å². The first kappa shape index (κ1) is 14.4. The summed E-state index contributed by atoms with van der Waals surface area (Å²) in [5, 5.41) is 4.07. The molecule has 98 valence electrons. The van der Waals surface area contributed by atoms with Crippen LogP contribution in [0.25, 0.3) is 0 Å². The van der Waals surface area contributed by atoms with Crippen LogP contribution in [0.1, 0.15) is 25.8 Å². The highest BCUT2D eigenvalue weighted by Gasteiger charge is 2.01. The molecule has 4 nitrogen and oxygen atoms in total. The van der Waals surface area contributed by atoms with Gasteiger partial charge >= 0.3 is 0 Å². The SMILES string of the molecule is CC(C)CCOc1ccccc1C=NNC(N)=S. The van der Waals surface area contributed by atoms with Gasteiger partial charge in [-0.05, 0) is 36.7 Å². The van der Waals surface area contributed by atoms with Gasteiger partial charge in [-0.15, -0.1) is 0 Å². The van der Waals surface area contributed by atoms with Gasteiger partial charge in [-0.25, -0.2) is 0 Å². The van der Waals surface area contributed by atoms with Crippen molar-refractivity contribution in [3.63, 3.8) is 0 Å². The van der Waals surface area contributed by atoms with E-state index in [0.717, 1.165) is 17.7 Å². The lowest BCUT2D eigenvalue weighted by Crippen LogP contribution is -2.24. The highest BCUT2D eigenvalue weighted by atomic mass is 32.1. The van der Waals surface area contributed by atoms with Crippen molar-refractivity contribution < 1.29 is 4.74 Å². The number of thiocarbonyl (C=S) groups is 1. The first-order valence-corrected chi connectivity index (χ1v) is 6.30. The van der Waals surface area contributed by atoms with Crippen LogP contribution in [0.5, 0.6) is 5.75 Å². The van der Waals surface area contributed by atoms with Crippen molar-refractivity contribution in [3.05, 3.63) is 29.8 Å². The summed E-state index contributed by atoms with van der Waals surface area (Å²) in [6.45, 7) is 5.04. The molecule has 0 radical (unpaired) electrons. The van der Waals surface area contributed by atoms with E-state index in [4.69, 9.17) is 10.5 Å². The van der Waals surface area contributed by atoms with Gasteiger partial charge in [0.1, 0.15) is 5.75 Å². The van der Waals surface area contributed by atoms with Gasteiger partial charge in [-0.1, -0.05) is 26.0 Å². The predicted octanol–water partition coefficient (Wildman–Crippen LogP) is 2.28. The van der Waals surface area contributed by atoms with E-state index >= 15 is 0 Å². The Kier molecular flexibility index (Phi) is 6.14. The van der Waals surface area contributed by atoms with Gasteiger partial charge in [-0.2, -0.15) is 5.10 Å². The van der Waals surface area contributed by atoms with Gasteiger partial charge in [0.05, 0.1) is 12.8 Å². The first-order chi connectivity index (χ1) is 8.59. The highest BCUT2D eigenvalue weighted by Crippen LogP contribution is 2.16. The number of nitrogens with zero attached hydrogens (tertiary/aromatic N) is 1. The molecule has 0 fully saturated rings. The zero-order valence-electron chi connectivity index (χ0n) is 10.7. The number of hydrogen-bond acceptors (Lipinski definition) is 3. The average Bonchev–Trinajstić information content (AvgIpc) is 2.30. The minimum atomic E-state index is 0.143. The molecule has 0 bridgehead atoms. The van der Waals surface area contributed by atoms with Gasteiger partial charge in [0.2, 0.25) is 0 Å². The fourth-order valence-corrected chi connectivity index (χ4v) is 1.34. The van der Waals surface area contributed by atoms with Crippen LogP contribution >= 0.6 is 12.2 Å². The number of hydrogen-bond donors (Lipinski definition) is 2. The van der Waals surface area contributed by atoms with Crippen LogP contribution in [-0.2, 0) is 0 Å². The molecule has 0 aliphatic rings. The second-order valence-electron chi connectivity index (χ2n) is 4.30. The minimum absolute atomic E-state index is 0.143.